The van der Waals surface area contributed by atoms with Gasteiger partial charge in [0, 0.05) is 43.1 Å². The van der Waals surface area contributed by atoms with Gasteiger partial charge in [0.15, 0.2) is 5.96 Å². The van der Waals surface area contributed by atoms with Gasteiger partial charge in [0.2, 0.25) is 5.89 Å². The number of nitrogens with one attached hydrogen (secondary N) is 1. The lowest BCUT2D eigenvalue weighted by Gasteiger charge is -2.62. The number of oxazole rings is 1. The SMILES string of the molecule is CN=C(NCCc1coc(-c2ccc(C)cc2)n1)N1CC(C)(C)C1(C)C. The summed E-state index contributed by atoms with van der Waals surface area (Å²) in [6.45, 7) is 13.0. The molecule has 0 unspecified atom stereocenters. The summed E-state index contributed by atoms with van der Waals surface area (Å²) in [6, 6.07) is 8.22. The zero-order chi connectivity index (χ0) is 18.9. The normalized spacial score (nSPS) is 18.5. The molecule has 2 heterocycles. The molecule has 0 aliphatic carbocycles. The molecule has 0 radical (unpaired) electrons. The molecule has 0 atom stereocenters. The number of benzene rings is 1. The van der Waals surface area contributed by atoms with Crippen LogP contribution < -0.4 is 5.32 Å². The van der Waals surface area contributed by atoms with Crippen LogP contribution in [0.3, 0.4) is 0 Å². The van der Waals surface area contributed by atoms with Crippen LogP contribution in [0, 0.1) is 12.3 Å². The summed E-state index contributed by atoms with van der Waals surface area (Å²) in [5.41, 5.74) is 3.58. The van der Waals surface area contributed by atoms with E-state index >= 15 is 0 Å². The van der Waals surface area contributed by atoms with Crippen molar-refractivity contribution in [3.05, 3.63) is 41.8 Å². The molecule has 1 saturated heterocycles. The molecule has 0 saturated carbocycles. The first kappa shape index (κ1) is 18.5. The van der Waals surface area contributed by atoms with Crippen LogP contribution in [0.15, 0.2) is 39.9 Å². The minimum Gasteiger partial charge on any atom is -0.444 e. The predicted molar refractivity (Wildman–Crippen MR) is 106 cm³/mol. The minimum absolute atomic E-state index is 0.0986. The number of aromatic nitrogens is 1. The predicted octanol–water partition coefficient (Wildman–Crippen LogP) is 3.89. The molecule has 1 aliphatic rings. The van der Waals surface area contributed by atoms with E-state index < -0.39 is 0 Å². The Morgan fingerprint density at radius 1 is 1.23 bits per heavy atom. The largest absolute Gasteiger partial charge is 0.444 e. The second-order valence-corrected chi connectivity index (χ2v) is 8.26. The van der Waals surface area contributed by atoms with Crippen LogP contribution in [0.25, 0.3) is 11.5 Å². The molecule has 1 aromatic heterocycles. The maximum atomic E-state index is 5.64. The van der Waals surface area contributed by atoms with E-state index in [1.165, 1.54) is 5.56 Å². The lowest BCUT2D eigenvalue weighted by atomic mass is 9.65. The molecule has 0 spiro atoms. The van der Waals surface area contributed by atoms with Gasteiger partial charge in [-0.05, 0) is 32.9 Å². The maximum absolute atomic E-state index is 5.64. The molecule has 0 bridgehead atoms. The summed E-state index contributed by atoms with van der Waals surface area (Å²) in [6.07, 6.45) is 2.54. The van der Waals surface area contributed by atoms with E-state index in [9.17, 15) is 0 Å². The van der Waals surface area contributed by atoms with Crippen molar-refractivity contribution in [1.82, 2.24) is 15.2 Å². The Labute approximate surface area is 156 Å². The summed E-state index contributed by atoms with van der Waals surface area (Å²) in [4.78, 5) is 11.4. The molecule has 1 N–H and O–H groups in total. The monoisotopic (exact) mass is 354 g/mol. The molecular weight excluding hydrogens is 324 g/mol. The summed E-state index contributed by atoms with van der Waals surface area (Å²) in [5.74, 6) is 1.63. The fourth-order valence-corrected chi connectivity index (χ4v) is 3.25. The third kappa shape index (κ3) is 3.35. The molecule has 140 valence electrons. The highest BCUT2D eigenvalue weighted by Gasteiger charge is 2.53. The number of nitrogens with zero attached hydrogens (tertiary/aromatic N) is 3. The van der Waals surface area contributed by atoms with Crippen molar-refractivity contribution in [2.45, 2.75) is 46.6 Å². The summed E-state index contributed by atoms with van der Waals surface area (Å²) < 4.78 is 5.64. The van der Waals surface area contributed by atoms with Crippen LogP contribution in [-0.2, 0) is 6.42 Å². The van der Waals surface area contributed by atoms with E-state index in [4.69, 9.17) is 4.42 Å². The van der Waals surface area contributed by atoms with Crippen molar-refractivity contribution in [3.8, 4) is 11.5 Å². The average molecular weight is 354 g/mol. The highest BCUT2D eigenvalue weighted by atomic mass is 16.3. The highest BCUT2D eigenvalue weighted by Crippen LogP contribution is 2.46. The van der Waals surface area contributed by atoms with Crippen LogP contribution in [0.4, 0.5) is 0 Å². The maximum Gasteiger partial charge on any atom is 0.226 e. The van der Waals surface area contributed by atoms with Gasteiger partial charge in [-0.3, -0.25) is 4.99 Å². The van der Waals surface area contributed by atoms with Crippen LogP contribution in [0.5, 0.6) is 0 Å². The molecule has 0 amide bonds. The first-order chi connectivity index (χ1) is 12.2. The smallest absolute Gasteiger partial charge is 0.226 e. The number of aliphatic imine (C=N–C) groups is 1. The Hall–Kier alpha value is -2.30. The van der Waals surface area contributed by atoms with Gasteiger partial charge in [0.25, 0.3) is 0 Å². The Morgan fingerprint density at radius 2 is 1.92 bits per heavy atom. The second-order valence-electron chi connectivity index (χ2n) is 8.26. The van der Waals surface area contributed by atoms with Crippen molar-refractivity contribution < 1.29 is 4.42 Å². The quantitative estimate of drug-likeness (QED) is 0.668. The third-order valence-electron chi connectivity index (χ3n) is 5.87. The Bertz CT molecular complexity index is 787. The van der Waals surface area contributed by atoms with Crippen LogP contribution >= 0.6 is 0 Å². The summed E-state index contributed by atoms with van der Waals surface area (Å²) >= 11 is 0. The molecule has 26 heavy (non-hydrogen) atoms. The van der Waals surface area contributed by atoms with E-state index in [-0.39, 0.29) is 5.54 Å². The number of hydrogen-bond acceptors (Lipinski definition) is 3. The zero-order valence-electron chi connectivity index (χ0n) is 16.8. The van der Waals surface area contributed by atoms with Crippen LogP contribution in [0.2, 0.25) is 0 Å². The van der Waals surface area contributed by atoms with E-state index in [2.05, 4.69) is 66.9 Å². The van der Waals surface area contributed by atoms with Crippen molar-refractivity contribution in [3.63, 3.8) is 0 Å². The summed E-state index contributed by atoms with van der Waals surface area (Å²) in [5, 5.41) is 3.46. The van der Waals surface area contributed by atoms with E-state index in [0.29, 0.717) is 11.3 Å². The van der Waals surface area contributed by atoms with E-state index in [0.717, 1.165) is 36.7 Å². The third-order valence-corrected chi connectivity index (χ3v) is 5.87. The number of likely N-dealkylation sites (tertiary alicyclic amines) is 1. The topological polar surface area (TPSA) is 53.7 Å². The summed E-state index contributed by atoms with van der Waals surface area (Å²) in [7, 11) is 1.84. The molecule has 1 fully saturated rings. The fourth-order valence-electron chi connectivity index (χ4n) is 3.25. The van der Waals surface area contributed by atoms with E-state index in [1.807, 2.05) is 19.2 Å². The van der Waals surface area contributed by atoms with Gasteiger partial charge in [-0.25, -0.2) is 4.98 Å². The molecule has 3 rings (SSSR count). The first-order valence-corrected chi connectivity index (χ1v) is 9.24. The average Bonchev–Trinajstić information content (AvgIpc) is 3.06. The second kappa shape index (κ2) is 6.78. The lowest BCUT2D eigenvalue weighted by molar-refractivity contribution is -0.0666. The van der Waals surface area contributed by atoms with Gasteiger partial charge in [0.05, 0.1) is 5.69 Å². The number of rotatable bonds is 4. The standard InChI is InChI=1S/C21H30N4O/c1-15-7-9-16(10-8-15)18-24-17(13-26-18)11-12-23-19(22-6)25-14-20(2,3)21(25,4)5/h7-10,13H,11-12,14H2,1-6H3,(H,22,23). The fraction of sp³-hybridized carbons (Fsp3) is 0.524. The van der Waals surface area contributed by atoms with Gasteiger partial charge in [-0.1, -0.05) is 31.5 Å². The Morgan fingerprint density at radius 3 is 2.50 bits per heavy atom. The minimum atomic E-state index is 0.0986. The van der Waals surface area contributed by atoms with Gasteiger partial charge >= 0.3 is 0 Å². The van der Waals surface area contributed by atoms with E-state index in [1.54, 1.807) is 6.26 Å². The van der Waals surface area contributed by atoms with Gasteiger partial charge in [-0.2, -0.15) is 0 Å². The molecular formula is C21H30N4O. The number of aryl methyl sites for hydroxylation is 1. The Kier molecular flexibility index (Phi) is 4.82. The first-order valence-electron chi connectivity index (χ1n) is 9.24. The zero-order valence-corrected chi connectivity index (χ0v) is 16.8. The van der Waals surface area contributed by atoms with Crippen molar-refractivity contribution in [1.29, 1.82) is 0 Å². The van der Waals surface area contributed by atoms with Crippen molar-refractivity contribution >= 4 is 5.96 Å². The highest BCUT2D eigenvalue weighted by molar-refractivity contribution is 5.82. The molecule has 5 heteroatoms. The molecule has 2 aromatic rings. The van der Waals surface area contributed by atoms with Crippen molar-refractivity contribution in [2.75, 3.05) is 20.1 Å². The molecule has 5 nitrogen and oxygen atoms in total. The van der Waals surface area contributed by atoms with Gasteiger partial charge in [0.1, 0.15) is 6.26 Å². The van der Waals surface area contributed by atoms with Crippen LogP contribution in [0.1, 0.15) is 39.0 Å². The van der Waals surface area contributed by atoms with Crippen molar-refractivity contribution in [2.24, 2.45) is 10.4 Å². The molecule has 1 aromatic carbocycles. The number of guanidine groups is 1. The van der Waals surface area contributed by atoms with Gasteiger partial charge < -0.3 is 14.6 Å². The molecule has 1 aliphatic heterocycles. The van der Waals surface area contributed by atoms with Crippen LogP contribution in [-0.4, -0.2) is 41.5 Å². The number of hydrogen-bond donors (Lipinski definition) is 1. The Balaban J connectivity index is 1.56. The lowest BCUT2D eigenvalue weighted by Crippen LogP contribution is -2.72. The van der Waals surface area contributed by atoms with Gasteiger partial charge in [-0.15, -0.1) is 0 Å².